The quantitative estimate of drug-likeness (QED) is 0.645. The molecule has 1 saturated carbocycles. The Balaban J connectivity index is 2.06. The molecule has 2 rings (SSSR count). The van der Waals surface area contributed by atoms with Crippen LogP contribution in [0.1, 0.15) is 25.7 Å². The number of nitriles is 1. The summed E-state index contributed by atoms with van der Waals surface area (Å²) in [5.74, 6) is 0. The first-order valence-electron chi connectivity index (χ1n) is 5.24. The third kappa shape index (κ3) is 1.56. The molecule has 1 N–H and O–H groups in total. The minimum Gasteiger partial charge on any atom is -0.314 e. The normalized spacial score (nSPS) is 28.5. The van der Waals surface area contributed by atoms with E-state index in [-0.39, 0.29) is 5.54 Å². The van der Waals surface area contributed by atoms with Gasteiger partial charge in [-0.15, -0.1) is 0 Å². The van der Waals surface area contributed by atoms with Crippen LogP contribution in [0.15, 0.2) is 0 Å². The second kappa shape index (κ2) is 3.65. The molecule has 0 radical (unpaired) electrons. The molecule has 0 atom stereocenters. The van der Waals surface area contributed by atoms with Crippen LogP contribution in [0.4, 0.5) is 0 Å². The van der Waals surface area contributed by atoms with E-state index < -0.39 is 0 Å². The molecule has 3 nitrogen and oxygen atoms in total. The Morgan fingerprint density at radius 1 is 1.15 bits per heavy atom. The van der Waals surface area contributed by atoms with Crippen molar-refractivity contribution in [2.24, 2.45) is 0 Å². The van der Waals surface area contributed by atoms with Crippen LogP contribution < -0.4 is 5.32 Å². The molecule has 3 heteroatoms. The smallest absolute Gasteiger partial charge is 0.109 e. The van der Waals surface area contributed by atoms with Crippen molar-refractivity contribution in [1.29, 1.82) is 5.26 Å². The van der Waals surface area contributed by atoms with E-state index >= 15 is 0 Å². The van der Waals surface area contributed by atoms with Crippen LogP contribution in [0.2, 0.25) is 0 Å². The maximum absolute atomic E-state index is 9.26. The van der Waals surface area contributed by atoms with Crippen LogP contribution in [-0.2, 0) is 0 Å². The molecule has 0 spiro atoms. The summed E-state index contributed by atoms with van der Waals surface area (Å²) in [7, 11) is 0. The minimum atomic E-state index is -0.0951. The zero-order chi connectivity index (χ0) is 9.15. The first kappa shape index (κ1) is 8.98. The van der Waals surface area contributed by atoms with E-state index in [0.717, 1.165) is 39.0 Å². The van der Waals surface area contributed by atoms with Gasteiger partial charge in [0.05, 0.1) is 6.07 Å². The third-order valence-corrected chi connectivity index (χ3v) is 3.36. The van der Waals surface area contributed by atoms with Crippen molar-refractivity contribution in [3.8, 4) is 6.07 Å². The molecular weight excluding hydrogens is 162 g/mol. The molecule has 0 aromatic carbocycles. The molecule has 0 unspecified atom stereocenters. The van der Waals surface area contributed by atoms with Crippen LogP contribution in [0.5, 0.6) is 0 Å². The Kier molecular flexibility index (Phi) is 2.52. The summed E-state index contributed by atoms with van der Waals surface area (Å²) in [5, 5.41) is 12.6. The minimum absolute atomic E-state index is 0.0951. The largest absolute Gasteiger partial charge is 0.314 e. The molecule has 0 aromatic heterocycles. The zero-order valence-corrected chi connectivity index (χ0v) is 8.05. The third-order valence-electron chi connectivity index (χ3n) is 3.36. The highest BCUT2D eigenvalue weighted by molar-refractivity contribution is 5.11. The van der Waals surface area contributed by atoms with Gasteiger partial charge in [-0.1, -0.05) is 12.8 Å². The summed E-state index contributed by atoms with van der Waals surface area (Å²) in [6.07, 6.45) is 4.64. The van der Waals surface area contributed by atoms with Gasteiger partial charge in [0.25, 0.3) is 0 Å². The lowest BCUT2D eigenvalue weighted by atomic mass is 9.96. The Labute approximate surface area is 79.7 Å². The van der Waals surface area contributed by atoms with Gasteiger partial charge in [0.1, 0.15) is 5.54 Å². The highest BCUT2D eigenvalue weighted by Gasteiger charge is 2.39. The molecule has 2 aliphatic rings. The van der Waals surface area contributed by atoms with E-state index in [1.807, 2.05) is 0 Å². The molecule has 0 amide bonds. The summed E-state index contributed by atoms with van der Waals surface area (Å²) < 4.78 is 0. The van der Waals surface area contributed by atoms with E-state index in [2.05, 4.69) is 16.3 Å². The maximum Gasteiger partial charge on any atom is 0.109 e. The molecule has 1 aliphatic heterocycles. The van der Waals surface area contributed by atoms with Crippen molar-refractivity contribution in [2.45, 2.75) is 31.2 Å². The first-order valence-corrected chi connectivity index (χ1v) is 5.24. The van der Waals surface area contributed by atoms with Crippen molar-refractivity contribution >= 4 is 0 Å². The van der Waals surface area contributed by atoms with Gasteiger partial charge in [0.2, 0.25) is 0 Å². The SMILES string of the molecule is N#CC1(N2CCNCC2)CCCC1. The highest BCUT2D eigenvalue weighted by Crippen LogP contribution is 2.34. The Hall–Kier alpha value is -0.590. The number of hydrogen-bond donors (Lipinski definition) is 1. The standard InChI is InChI=1S/C10H17N3/c11-9-10(3-1-2-4-10)13-7-5-12-6-8-13/h12H,1-8H2. The van der Waals surface area contributed by atoms with Crippen molar-refractivity contribution in [2.75, 3.05) is 26.2 Å². The topological polar surface area (TPSA) is 39.1 Å². The monoisotopic (exact) mass is 179 g/mol. The molecule has 13 heavy (non-hydrogen) atoms. The van der Waals surface area contributed by atoms with Gasteiger partial charge in [-0.25, -0.2) is 0 Å². The number of hydrogen-bond acceptors (Lipinski definition) is 3. The molecule has 72 valence electrons. The van der Waals surface area contributed by atoms with E-state index in [1.165, 1.54) is 12.8 Å². The van der Waals surface area contributed by atoms with Gasteiger partial charge in [-0.3, -0.25) is 4.90 Å². The molecule has 1 aliphatic carbocycles. The fraction of sp³-hybridized carbons (Fsp3) is 0.900. The van der Waals surface area contributed by atoms with Crippen LogP contribution in [0.25, 0.3) is 0 Å². The van der Waals surface area contributed by atoms with Crippen LogP contribution in [0.3, 0.4) is 0 Å². The molecule has 1 heterocycles. The lowest BCUT2D eigenvalue weighted by molar-refractivity contribution is 0.123. The predicted molar refractivity (Wildman–Crippen MR) is 51.3 cm³/mol. The maximum atomic E-state index is 9.26. The first-order chi connectivity index (χ1) is 6.37. The lowest BCUT2D eigenvalue weighted by Crippen LogP contribution is -2.54. The zero-order valence-electron chi connectivity index (χ0n) is 8.05. The number of rotatable bonds is 1. The summed E-state index contributed by atoms with van der Waals surface area (Å²) in [5.41, 5.74) is -0.0951. The average Bonchev–Trinajstić information content (AvgIpc) is 2.69. The number of nitrogens with zero attached hydrogens (tertiary/aromatic N) is 2. The fourth-order valence-corrected chi connectivity index (χ4v) is 2.55. The Morgan fingerprint density at radius 3 is 2.31 bits per heavy atom. The molecule has 1 saturated heterocycles. The van der Waals surface area contributed by atoms with Crippen LogP contribution in [0, 0.1) is 11.3 Å². The summed E-state index contributed by atoms with van der Waals surface area (Å²) in [6, 6.07) is 2.55. The molecule has 0 aromatic rings. The molecular formula is C10H17N3. The number of piperazine rings is 1. The van der Waals surface area contributed by atoms with Gasteiger partial charge in [0, 0.05) is 26.2 Å². The second-order valence-electron chi connectivity index (χ2n) is 4.09. The van der Waals surface area contributed by atoms with Gasteiger partial charge in [0.15, 0.2) is 0 Å². The summed E-state index contributed by atoms with van der Waals surface area (Å²) in [6.45, 7) is 4.19. The van der Waals surface area contributed by atoms with E-state index in [1.54, 1.807) is 0 Å². The Morgan fingerprint density at radius 2 is 1.77 bits per heavy atom. The van der Waals surface area contributed by atoms with E-state index in [0.29, 0.717) is 0 Å². The predicted octanol–water partition coefficient (Wildman–Crippen LogP) is 0.728. The van der Waals surface area contributed by atoms with Gasteiger partial charge in [-0.2, -0.15) is 5.26 Å². The van der Waals surface area contributed by atoms with Crippen molar-refractivity contribution in [1.82, 2.24) is 10.2 Å². The number of nitrogens with one attached hydrogen (secondary N) is 1. The van der Waals surface area contributed by atoms with Crippen molar-refractivity contribution in [3.05, 3.63) is 0 Å². The summed E-state index contributed by atoms with van der Waals surface area (Å²) in [4.78, 5) is 2.39. The fourth-order valence-electron chi connectivity index (χ4n) is 2.55. The van der Waals surface area contributed by atoms with E-state index in [4.69, 9.17) is 0 Å². The second-order valence-corrected chi connectivity index (χ2v) is 4.09. The van der Waals surface area contributed by atoms with Gasteiger partial charge < -0.3 is 5.32 Å². The highest BCUT2D eigenvalue weighted by atomic mass is 15.2. The lowest BCUT2D eigenvalue weighted by Gasteiger charge is -2.38. The molecule has 0 bridgehead atoms. The van der Waals surface area contributed by atoms with E-state index in [9.17, 15) is 5.26 Å². The van der Waals surface area contributed by atoms with Crippen molar-refractivity contribution < 1.29 is 0 Å². The van der Waals surface area contributed by atoms with Gasteiger partial charge in [-0.05, 0) is 12.8 Å². The molecule has 2 fully saturated rings. The van der Waals surface area contributed by atoms with Crippen LogP contribution >= 0.6 is 0 Å². The Bertz CT molecular complexity index is 207. The van der Waals surface area contributed by atoms with Crippen LogP contribution in [-0.4, -0.2) is 36.6 Å². The summed E-state index contributed by atoms with van der Waals surface area (Å²) >= 11 is 0. The van der Waals surface area contributed by atoms with Gasteiger partial charge >= 0.3 is 0 Å². The average molecular weight is 179 g/mol. The van der Waals surface area contributed by atoms with Crippen molar-refractivity contribution in [3.63, 3.8) is 0 Å².